The Hall–Kier alpha value is -2.20. The van der Waals surface area contributed by atoms with Crippen LogP contribution >= 0.6 is 11.6 Å². The number of aryl methyl sites for hydroxylation is 1. The van der Waals surface area contributed by atoms with Crippen LogP contribution in [0, 0.1) is 6.92 Å². The molecule has 2 rings (SSSR count). The average molecular weight is 292 g/mol. The Bertz CT molecular complexity index is 646. The van der Waals surface area contributed by atoms with E-state index < -0.39 is 0 Å². The molecule has 20 heavy (non-hydrogen) atoms. The third-order valence-electron chi connectivity index (χ3n) is 2.58. The Balaban J connectivity index is 2.08. The minimum Gasteiger partial charge on any atom is -0.495 e. The second-order valence-electron chi connectivity index (χ2n) is 4.12. The second-order valence-corrected chi connectivity index (χ2v) is 4.55. The van der Waals surface area contributed by atoms with Crippen LogP contribution in [0.1, 0.15) is 11.5 Å². The standard InChI is InChI=1S/C15H14ClNO3/c1-10-3-5-12(20-10)6-8-15(18)17-13-9-11(16)4-7-14(13)19-2/h3-9H,1-2H3,(H,17,18)/b8-6+. The first-order chi connectivity index (χ1) is 9.58. The molecule has 4 nitrogen and oxygen atoms in total. The maximum Gasteiger partial charge on any atom is 0.248 e. The topological polar surface area (TPSA) is 51.5 Å². The van der Waals surface area contributed by atoms with Crippen LogP contribution < -0.4 is 10.1 Å². The molecule has 0 atom stereocenters. The van der Waals surface area contributed by atoms with Crippen molar-refractivity contribution < 1.29 is 13.9 Å². The number of amides is 1. The van der Waals surface area contributed by atoms with Gasteiger partial charge in [-0.25, -0.2) is 0 Å². The first-order valence-corrected chi connectivity index (χ1v) is 6.35. The van der Waals surface area contributed by atoms with E-state index in [1.807, 2.05) is 13.0 Å². The summed E-state index contributed by atoms with van der Waals surface area (Å²) in [5.74, 6) is 1.67. The van der Waals surface area contributed by atoms with Crippen LogP contribution in [0.25, 0.3) is 6.08 Å². The van der Waals surface area contributed by atoms with Crippen molar-refractivity contribution in [2.24, 2.45) is 0 Å². The van der Waals surface area contributed by atoms with Gasteiger partial charge in [0.15, 0.2) is 0 Å². The average Bonchev–Trinajstić information content (AvgIpc) is 2.83. The van der Waals surface area contributed by atoms with Gasteiger partial charge in [0.25, 0.3) is 0 Å². The highest BCUT2D eigenvalue weighted by atomic mass is 35.5. The Labute approximate surface area is 122 Å². The van der Waals surface area contributed by atoms with E-state index in [0.29, 0.717) is 22.2 Å². The normalized spacial score (nSPS) is 10.8. The Morgan fingerprint density at radius 2 is 2.15 bits per heavy atom. The predicted octanol–water partition coefficient (Wildman–Crippen LogP) is 3.90. The summed E-state index contributed by atoms with van der Waals surface area (Å²) in [6.45, 7) is 1.84. The monoisotopic (exact) mass is 291 g/mol. The van der Waals surface area contributed by atoms with Gasteiger partial charge in [0.05, 0.1) is 12.8 Å². The summed E-state index contributed by atoms with van der Waals surface area (Å²) in [4.78, 5) is 11.8. The lowest BCUT2D eigenvalue weighted by molar-refractivity contribution is -0.111. The molecule has 5 heteroatoms. The first kappa shape index (κ1) is 14.2. The number of furan rings is 1. The van der Waals surface area contributed by atoms with E-state index in [1.54, 1.807) is 30.3 Å². The summed E-state index contributed by atoms with van der Waals surface area (Å²) in [5.41, 5.74) is 0.519. The molecule has 0 unspecified atom stereocenters. The molecule has 1 aromatic carbocycles. The van der Waals surface area contributed by atoms with E-state index in [0.717, 1.165) is 5.76 Å². The molecule has 104 valence electrons. The molecule has 1 N–H and O–H groups in total. The molecule has 0 aliphatic rings. The lowest BCUT2D eigenvalue weighted by Crippen LogP contribution is -2.08. The molecule has 0 spiro atoms. The molecule has 1 aromatic heterocycles. The number of anilines is 1. The van der Waals surface area contributed by atoms with Crippen molar-refractivity contribution in [3.8, 4) is 5.75 Å². The minimum atomic E-state index is -0.292. The predicted molar refractivity (Wildman–Crippen MR) is 79.1 cm³/mol. The van der Waals surface area contributed by atoms with Crippen LogP contribution in [0.5, 0.6) is 5.75 Å². The molecule has 0 fully saturated rings. The molecule has 0 aliphatic carbocycles. The number of methoxy groups -OCH3 is 1. The van der Waals surface area contributed by atoms with Crippen molar-refractivity contribution >= 4 is 29.3 Å². The lowest BCUT2D eigenvalue weighted by Gasteiger charge is -2.08. The van der Waals surface area contributed by atoms with Crippen LogP contribution in [-0.2, 0) is 4.79 Å². The van der Waals surface area contributed by atoms with Crippen LogP contribution in [-0.4, -0.2) is 13.0 Å². The van der Waals surface area contributed by atoms with Crippen LogP contribution in [0.2, 0.25) is 5.02 Å². The number of ether oxygens (including phenoxy) is 1. The highest BCUT2D eigenvalue weighted by Gasteiger charge is 2.06. The molecular weight excluding hydrogens is 278 g/mol. The number of halogens is 1. The van der Waals surface area contributed by atoms with E-state index in [1.165, 1.54) is 13.2 Å². The molecular formula is C15H14ClNO3. The van der Waals surface area contributed by atoms with Gasteiger partial charge in [0, 0.05) is 11.1 Å². The molecule has 0 bridgehead atoms. The molecule has 0 saturated heterocycles. The third kappa shape index (κ3) is 3.65. The highest BCUT2D eigenvalue weighted by molar-refractivity contribution is 6.31. The zero-order valence-electron chi connectivity index (χ0n) is 11.1. The Morgan fingerprint density at radius 1 is 1.35 bits per heavy atom. The molecule has 2 aromatic rings. The largest absolute Gasteiger partial charge is 0.495 e. The zero-order valence-corrected chi connectivity index (χ0v) is 11.9. The SMILES string of the molecule is COc1ccc(Cl)cc1NC(=O)/C=C/c1ccc(C)o1. The van der Waals surface area contributed by atoms with Crippen molar-refractivity contribution in [1.29, 1.82) is 0 Å². The number of carbonyl (C=O) groups is 1. The first-order valence-electron chi connectivity index (χ1n) is 5.97. The molecule has 0 aliphatic heterocycles. The van der Waals surface area contributed by atoms with Crippen molar-refractivity contribution in [2.75, 3.05) is 12.4 Å². The van der Waals surface area contributed by atoms with Crippen molar-refractivity contribution in [1.82, 2.24) is 0 Å². The van der Waals surface area contributed by atoms with Crippen molar-refractivity contribution in [3.05, 3.63) is 53.0 Å². The Kier molecular flexibility index (Phi) is 4.48. The van der Waals surface area contributed by atoms with Gasteiger partial charge in [-0.3, -0.25) is 4.79 Å². The van der Waals surface area contributed by atoms with Gasteiger partial charge in [-0.1, -0.05) is 11.6 Å². The Morgan fingerprint density at radius 3 is 2.80 bits per heavy atom. The molecule has 0 radical (unpaired) electrons. The summed E-state index contributed by atoms with van der Waals surface area (Å²) >= 11 is 5.89. The van der Waals surface area contributed by atoms with Gasteiger partial charge in [0.1, 0.15) is 17.3 Å². The summed E-state index contributed by atoms with van der Waals surface area (Å²) < 4.78 is 10.5. The highest BCUT2D eigenvalue weighted by Crippen LogP contribution is 2.27. The number of benzene rings is 1. The number of nitrogens with one attached hydrogen (secondary N) is 1. The minimum absolute atomic E-state index is 0.292. The van der Waals surface area contributed by atoms with Crippen LogP contribution in [0.3, 0.4) is 0 Å². The molecule has 1 heterocycles. The van der Waals surface area contributed by atoms with E-state index in [9.17, 15) is 4.79 Å². The van der Waals surface area contributed by atoms with Crippen molar-refractivity contribution in [2.45, 2.75) is 6.92 Å². The molecule has 0 saturated carbocycles. The number of rotatable bonds is 4. The molecule has 1 amide bonds. The van der Waals surface area contributed by atoms with Crippen LogP contribution in [0.15, 0.2) is 40.8 Å². The fraction of sp³-hybridized carbons (Fsp3) is 0.133. The van der Waals surface area contributed by atoms with E-state index in [-0.39, 0.29) is 5.91 Å². The van der Waals surface area contributed by atoms with Gasteiger partial charge >= 0.3 is 0 Å². The summed E-state index contributed by atoms with van der Waals surface area (Å²) in [6.07, 6.45) is 2.98. The smallest absolute Gasteiger partial charge is 0.248 e. The van der Waals surface area contributed by atoms with Gasteiger partial charge in [-0.2, -0.15) is 0 Å². The van der Waals surface area contributed by atoms with Gasteiger partial charge in [-0.15, -0.1) is 0 Å². The zero-order chi connectivity index (χ0) is 14.5. The van der Waals surface area contributed by atoms with E-state index >= 15 is 0 Å². The van der Waals surface area contributed by atoms with E-state index in [4.69, 9.17) is 20.8 Å². The maximum atomic E-state index is 11.8. The fourth-order valence-corrected chi connectivity index (χ4v) is 1.83. The van der Waals surface area contributed by atoms with E-state index in [2.05, 4.69) is 5.32 Å². The van der Waals surface area contributed by atoms with Crippen molar-refractivity contribution in [3.63, 3.8) is 0 Å². The fourth-order valence-electron chi connectivity index (χ4n) is 1.65. The lowest BCUT2D eigenvalue weighted by atomic mass is 10.3. The quantitative estimate of drug-likeness (QED) is 0.869. The maximum absolute atomic E-state index is 11.8. The summed E-state index contributed by atoms with van der Waals surface area (Å²) in [7, 11) is 1.53. The third-order valence-corrected chi connectivity index (χ3v) is 2.81. The second kappa shape index (κ2) is 6.30. The number of carbonyl (C=O) groups excluding carboxylic acids is 1. The van der Waals surface area contributed by atoms with Crippen LogP contribution in [0.4, 0.5) is 5.69 Å². The number of hydrogen-bond acceptors (Lipinski definition) is 3. The van der Waals surface area contributed by atoms with Gasteiger partial charge in [-0.05, 0) is 43.3 Å². The summed E-state index contributed by atoms with van der Waals surface area (Å²) in [5, 5.41) is 3.22. The number of hydrogen-bond donors (Lipinski definition) is 1. The van der Waals surface area contributed by atoms with Gasteiger partial charge < -0.3 is 14.5 Å². The summed E-state index contributed by atoms with van der Waals surface area (Å²) in [6, 6.07) is 8.63. The van der Waals surface area contributed by atoms with Gasteiger partial charge in [0.2, 0.25) is 5.91 Å².